The Morgan fingerprint density at radius 1 is 1.44 bits per heavy atom. The number of anilines is 1. The van der Waals surface area contributed by atoms with Crippen molar-refractivity contribution in [1.82, 2.24) is 15.6 Å². The zero-order valence-corrected chi connectivity index (χ0v) is 10.2. The standard InChI is InChI=1S/C12H16N4O2/c1-7-4-8(5-10(13)15-7)12(18)14-6-11(17)16-9-2-3-9/h4-5,9H,2-3,6H2,1H3,(H2,13,15)(H,14,18)(H,16,17). The Balaban J connectivity index is 1.88. The summed E-state index contributed by atoms with van der Waals surface area (Å²) < 4.78 is 0. The van der Waals surface area contributed by atoms with Crippen LogP contribution in [0.2, 0.25) is 0 Å². The van der Waals surface area contributed by atoms with E-state index in [0.29, 0.717) is 23.1 Å². The highest BCUT2D eigenvalue weighted by molar-refractivity contribution is 5.97. The van der Waals surface area contributed by atoms with Crippen LogP contribution in [-0.4, -0.2) is 29.4 Å². The Hall–Kier alpha value is -2.11. The Morgan fingerprint density at radius 2 is 2.17 bits per heavy atom. The molecule has 0 unspecified atom stereocenters. The number of amides is 2. The molecule has 1 fully saturated rings. The fourth-order valence-electron chi connectivity index (χ4n) is 1.59. The second-order valence-electron chi connectivity index (χ2n) is 4.45. The summed E-state index contributed by atoms with van der Waals surface area (Å²) in [5.74, 6) is -0.190. The van der Waals surface area contributed by atoms with Gasteiger partial charge in [-0.05, 0) is 31.9 Å². The number of aryl methyl sites for hydroxylation is 1. The van der Waals surface area contributed by atoms with E-state index in [1.807, 2.05) is 0 Å². The van der Waals surface area contributed by atoms with Crippen LogP contribution in [0.4, 0.5) is 5.82 Å². The second kappa shape index (κ2) is 5.03. The summed E-state index contributed by atoms with van der Waals surface area (Å²) in [6.45, 7) is 1.74. The van der Waals surface area contributed by atoms with Crippen molar-refractivity contribution in [3.63, 3.8) is 0 Å². The summed E-state index contributed by atoms with van der Waals surface area (Å²) in [6.07, 6.45) is 2.06. The van der Waals surface area contributed by atoms with Gasteiger partial charge in [0.25, 0.3) is 5.91 Å². The van der Waals surface area contributed by atoms with Crippen molar-refractivity contribution in [3.8, 4) is 0 Å². The highest BCUT2D eigenvalue weighted by atomic mass is 16.2. The lowest BCUT2D eigenvalue weighted by atomic mass is 10.2. The first-order valence-electron chi connectivity index (χ1n) is 5.86. The van der Waals surface area contributed by atoms with Crippen LogP contribution < -0.4 is 16.4 Å². The van der Waals surface area contributed by atoms with Crippen molar-refractivity contribution in [3.05, 3.63) is 23.4 Å². The molecule has 4 N–H and O–H groups in total. The fraction of sp³-hybridized carbons (Fsp3) is 0.417. The lowest BCUT2D eigenvalue weighted by molar-refractivity contribution is -0.120. The molecule has 0 aromatic carbocycles. The molecule has 6 nitrogen and oxygen atoms in total. The van der Waals surface area contributed by atoms with Gasteiger partial charge >= 0.3 is 0 Å². The van der Waals surface area contributed by atoms with Crippen molar-refractivity contribution < 1.29 is 9.59 Å². The summed E-state index contributed by atoms with van der Waals surface area (Å²) in [5.41, 5.74) is 6.64. The van der Waals surface area contributed by atoms with E-state index < -0.39 is 0 Å². The van der Waals surface area contributed by atoms with Crippen molar-refractivity contribution in [2.75, 3.05) is 12.3 Å². The van der Waals surface area contributed by atoms with Crippen LogP contribution in [0.1, 0.15) is 28.9 Å². The molecular weight excluding hydrogens is 232 g/mol. The van der Waals surface area contributed by atoms with Crippen LogP contribution >= 0.6 is 0 Å². The minimum Gasteiger partial charge on any atom is -0.384 e. The molecule has 1 aromatic rings. The van der Waals surface area contributed by atoms with Crippen molar-refractivity contribution in [1.29, 1.82) is 0 Å². The predicted molar refractivity (Wildman–Crippen MR) is 66.9 cm³/mol. The number of nitrogens with one attached hydrogen (secondary N) is 2. The van der Waals surface area contributed by atoms with Gasteiger partial charge in [-0.2, -0.15) is 0 Å². The summed E-state index contributed by atoms with van der Waals surface area (Å²) in [7, 11) is 0. The fourth-order valence-corrected chi connectivity index (χ4v) is 1.59. The molecule has 6 heteroatoms. The van der Waals surface area contributed by atoms with Crippen molar-refractivity contribution in [2.24, 2.45) is 0 Å². The SMILES string of the molecule is Cc1cc(C(=O)NCC(=O)NC2CC2)cc(N)n1. The molecule has 0 atom stereocenters. The molecule has 0 aliphatic heterocycles. The van der Waals surface area contributed by atoms with Crippen LogP contribution in [-0.2, 0) is 4.79 Å². The lowest BCUT2D eigenvalue weighted by Crippen LogP contribution is -2.37. The molecule has 1 aromatic heterocycles. The number of nitrogens with zero attached hydrogens (tertiary/aromatic N) is 1. The van der Waals surface area contributed by atoms with Gasteiger partial charge in [0.15, 0.2) is 0 Å². The van der Waals surface area contributed by atoms with Gasteiger partial charge in [0.2, 0.25) is 5.91 Å². The maximum absolute atomic E-state index is 11.8. The van der Waals surface area contributed by atoms with Crippen LogP contribution in [0.5, 0.6) is 0 Å². The van der Waals surface area contributed by atoms with E-state index in [2.05, 4.69) is 15.6 Å². The average Bonchev–Trinajstić information content (AvgIpc) is 3.08. The van der Waals surface area contributed by atoms with Gasteiger partial charge in [0.1, 0.15) is 5.82 Å². The number of rotatable bonds is 4. The first kappa shape index (κ1) is 12.3. The van der Waals surface area contributed by atoms with E-state index >= 15 is 0 Å². The van der Waals surface area contributed by atoms with Crippen LogP contribution in [0, 0.1) is 6.92 Å². The Kier molecular flexibility index (Phi) is 3.45. The van der Waals surface area contributed by atoms with Gasteiger partial charge < -0.3 is 16.4 Å². The van der Waals surface area contributed by atoms with E-state index in [9.17, 15) is 9.59 Å². The lowest BCUT2D eigenvalue weighted by Gasteiger charge is -2.07. The molecule has 18 heavy (non-hydrogen) atoms. The Morgan fingerprint density at radius 3 is 2.78 bits per heavy atom. The van der Waals surface area contributed by atoms with Gasteiger partial charge in [-0.1, -0.05) is 0 Å². The third-order valence-electron chi connectivity index (χ3n) is 2.59. The van der Waals surface area contributed by atoms with Crippen molar-refractivity contribution in [2.45, 2.75) is 25.8 Å². The van der Waals surface area contributed by atoms with E-state index in [-0.39, 0.29) is 18.4 Å². The molecule has 96 valence electrons. The molecule has 0 spiro atoms. The molecule has 0 bridgehead atoms. The number of hydrogen-bond acceptors (Lipinski definition) is 4. The molecule has 1 aliphatic rings. The quantitative estimate of drug-likeness (QED) is 0.697. The van der Waals surface area contributed by atoms with Crippen LogP contribution in [0.15, 0.2) is 12.1 Å². The monoisotopic (exact) mass is 248 g/mol. The highest BCUT2D eigenvalue weighted by Gasteiger charge is 2.23. The highest BCUT2D eigenvalue weighted by Crippen LogP contribution is 2.18. The summed E-state index contributed by atoms with van der Waals surface area (Å²) in [4.78, 5) is 27.2. The third kappa shape index (κ3) is 3.44. The zero-order valence-electron chi connectivity index (χ0n) is 10.2. The second-order valence-corrected chi connectivity index (χ2v) is 4.45. The number of carbonyl (C=O) groups excluding carboxylic acids is 2. The zero-order chi connectivity index (χ0) is 13.1. The first-order chi connectivity index (χ1) is 8.54. The summed E-state index contributed by atoms with van der Waals surface area (Å²) >= 11 is 0. The topological polar surface area (TPSA) is 97.1 Å². The Bertz CT molecular complexity index is 463. The van der Waals surface area contributed by atoms with E-state index in [1.54, 1.807) is 13.0 Å². The Labute approximate surface area is 105 Å². The van der Waals surface area contributed by atoms with E-state index in [4.69, 9.17) is 5.73 Å². The maximum Gasteiger partial charge on any atom is 0.251 e. The van der Waals surface area contributed by atoms with Crippen LogP contribution in [0.25, 0.3) is 0 Å². The maximum atomic E-state index is 11.8. The van der Waals surface area contributed by atoms with Gasteiger partial charge in [-0.3, -0.25) is 9.59 Å². The minimum absolute atomic E-state index is 0.0173. The first-order valence-corrected chi connectivity index (χ1v) is 5.86. The molecule has 2 amide bonds. The number of carbonyl (C=O) groups is 2. The normalized spacial score (nSPS) is 14.1. The molecule has 0 radical (unpaired) electrons. The molecular formula is C12H16N4O2. The molecule has 1 saturated carbocycles. The number of aromatic nitrogens is 1. The van der Waals surface area contributed by atoms with Crippen LogP contribution in [0.3, 0.4) is 0 Å². The number of nitrogens with two attached hydrogens (primary N) is 1. The largest absolute Gasteiger partial charge is 0.384 e. The molecule has 2 rings (SSSR count). The average molecular weight is 248 g/mol. The molecule has 1 heterocycles. The van der Waals surface area contributed by atoms with Crippen molar-refractivity contribution >= 4 is 17.6 Å². The minimum atomic E-state index is -0.321. The number of hydrogen-bond donors (Lipinski definition) is 3. The number of nitrogen functional groups attached to an aromatic ring is 1. The summed E-state index contributed by atoms with van der Waals surface area (Å²) in [5, 5.41) is 5.34. The molecule has 1 aliphatic carbocycles. The predicted octanol–water partition coefficient (Wildman–Crippen LogP) is -0.0194. The van der Waals surface area contributed by atoms with E-state index in [1.165, 1.54) is 6.07 Å². The van der Waals surface area contributed by atoms with Gasteiger partial charge in [-0.15, -0.1) is 0 Å². The van der Waals surface area contributed by atoms with E-state index in [0.717, 1.165) is 12.8 Å². The molecule has 0 saturated heterocycles. The number of pyridine rings is 1. The third-order valence-corrected chi connectivity index (χ3v) is 2.59. The van der Waals surface area contributed by atoms with Gasteiger partial charge in [0, 0.05) is 17.3 Å². The van der Waals surface area contributed by atoms with Gasteiger partial charge in [-0.25, -0.2) is 4.98 Å². The smallest absolute Gasteiger partial charge is 0.251 e. The summed E-state index contributed by atoms with van der Waals surface area (Å²) in [6, 6.07) is 3.42. The van der Waals surface area contributed by atoms with Gasteiger partial charge in [0.05, 0.1) is 6.54 Å².